The molecule has 118 valence electrons. The van der Waals surface area contributed by atoms with Crippen LogP contribution < -0.4 is 4.80 Å². The Balaban J connectivity index is 2.04. The van der Waals surface area contributed by atoms with E-state index in [1.54, 1.807) is 35.8 Å². The summed E-state index contributed by atoms with van der Waals surface area (Å²) in [6.45, 7) is 2.09. The summed E-state index contributed by atoms with van der Waals surface area (Å²) in [6.07, 6.45) is 1.43. The number of ether oxygens (including phenoxy) is 1. The molecule has 0 aliphatic carbocycles. The Hall–Kier alpha value is -2.67. The summed E-state index contributed by atoms with van der Waals surface area (Å²) in [6, 6.07) is 8.46. The van der Waals surface area contributed by atoms with Gasteiger partial charge in [-0.15, -0.1) is 0 Å². The highest BCUT2D eigenvalue weighted by Gasteiger charge is 2.12. The summed E-state index contributed by atoms with van der Waals surface area (Å²) < 4.78 is 12.7. The van der Waals surface area contributed by atoms with E-state index in [1.165, 1.54) is 17.6 Å². The molecule has 2 heterocycles. The average molecular weight is 330 g/mol. The molecule has 0 aliphatic rings. The Morgan fingerprint density at radius 3 is 2.87 bits per heavy atom. The molecule has 0 atom stereocenters. The number of hydrogen-bond donors (Lipinski definition) is 0. The predicted molar refractivity (Wildman–Crippen MR) is 85.4 cm³/mol. The number of hydrogen-bond acceptors (Lipinski definition) is 5. The van der Waals surface area contributed by atoms with Crippen LogP contribution in [-0.2, 0) is 11.8 Å². The molecule has 7 heteroatoms. The van der Waals surface area contributed by atoms with E-state index in [1.807, 2.05) is 13.1 Å². The van der Waals surface area contributed by atoms with Gasteiger partial charge in [-0.1, -0.05) is 11.3 Å². The van der Waals surface area contributed by atoms with Gasteiger partial charge >= 0.3 is 11.9 Å². The van der Waals surface area contributed by atoms with Gasteiger partial charge in [-0.3, -0.25) is 4.79 Å². The van der Waals surface area contributed by atoms with Crippen molar-refractivity contribution in [2.75, 3.05) is 6.61 Å². The largest absolute Gasteiger partial charge is 0.462 e. The number of aryl methyl sites for hydroxylation is 1. The molecule has 1 aromatic carbocycles. The van der Waals surface area contributed by atoms with Crippen LogP contribution in [0.3, 0.4) is 0 Å². The van der Waals surface area contributed by atoms with Crippen LogP contribution in [0, 0.1) is 0 Å². The van der Waals surface area contributed by atoms with Gasteiger partial charge in [-0.2, -0.15) is 4.99 Å². The molecular formula is C16H14N2O4S. The number of benzene rings is 1. The molecule has 0 saturated heterocycles. The Kier molecular flexibility index (Phi) is 4.12. The number of thiazole rings is 1. The number of aromatic nitrogens is 1. The second-order valence-electron chi connectivity index (χ2n) is 4.74. The molecule has 3 rings (SSSR count). The average Bonchev–Trinajstić information content (AvgIpc) is 3.17. The Bertz CT molecular complexity index is 935. The first-order chi connectivity index (χ1) is 11.1. The normalized spacial score (nSPS) is 11.8. The van der Waals surface area contributed by atoms with Crippen LogP contribution in [0.15, 0.2) is 46.0 Å². The summed E-state index contributed by atoms with van der Waals surface area (Å²) in [5, 5.41) is 0. The number of carbonyl (C=O) groups excluding carboxylic acids is 2. The van der Waals surface area contributed by atoms with E-state index in [0.29, 0.717) is 17.0 Å². The van der Waals surface area contributed by atoms with Crippen molar-refractivity contribution in [2.45, 2.75) is 6.92 Å². The number of furan rings is 1. The lowest BCUT2D eigenvalue weighted by molar-refractivity contribution is 0.0526. The fourth-order valence-corrected chi connectivity index (χ4v) is 3.18. The van der Waals surface area contributed by atoms with Crippen LogP contribution in [-0.4, -0.2) is 23.1 Å². The maximum Gasteiger partial charge on any atom is 0.338 e. The number of esters is 1. The first-order valence-electron chi connectivity index (χ1n) is 6.99. The zero-order valence-corrected chi connectivity index (χ0v) is 13.4. The molecule has 0 unspecified atom stereocenters. The lowest BCUT2D eigenvalue weighted by Crippen LogP contribution is -2.13. The van der Waals surface area contributed by atoms with Gasteiger partial charge in [0.1, 0.15) is 0 Å². The number of amides is 1. The Morgan fingerprint density at radius 1 is 1.35 bits per heavy atom. The second-order valence-corrected chi connectivity index (χ2v) is 5.75. The van der Waals surface area contributed by atoms with Crippen molar-refractivity contribution in [3.63, 3.8) is 0 Å². The molecule has 0 spiro atoms. The molecule has 1 amide bonds. The lowest BCUT2D eigenvalue weighted by atomic mass is 10.2. The summed E-state index contributed by atoms with van der Waals surface area (Å²) >= 11 is 1.33. The highest BCUT2D eigenvalue weighted by molar-refractivity contribution is 7.16. The van der Waals surface area contributed by atoms with Gasteiger partial charge in [0.15, 0.2) is 10.6 Å². The van der Waals surface area contributed by atoms with Crippen LogP contribution in [0.5, 0.6) is 0 Å². The first-order valence-corrected chi connectivity index (χ1v) is 7.81. The Morgan fingerprint density at radius 2 is 2.17 bits per heavy atom. The van der Waals surface area contributed by atoms with Gasteiger partial charge in [0.2, 0.25) is 0 Å². The molecular weight excluding hydrogens is 316 g/mol. The summed E-state index contributed by atoms with van der Waals surface area (Å²) in [4.78, 5) is 28.4. The maximum atomic E-state index is 12.0. The molecule has 0 fully saturated rings. The predicted octanol–water partition coefficient (Wildman–Crippen LogP) is 2.75. The van der Waals surface area contributed by atoms with E-state index >= 15 is 0 Å². The van der Waals surface area contributed by atoms with Crippen molar-refractivity contribution in [1.82, 2.24) is 4.57 Å². The van der Waals surface area contributed by atoms with E-state index in [2.05, 4.69) is 4.99 Å². The van der Waals surface area contributed by atoms with Crippen LogP contribution in [0.2, 0.25) is 0 Å². The van der Waals surface area contributed by atoms with Crippen molar-refractivity contribution in [1.29, 1.82) is 0 Å². The topological polar surface area (TPSA) is 73.8 Å². The number of fused-ring (bicyclic) bond motifs is 1. The zero-order chi connectivity index (χ0) is 16.4. The summed E-state index contributed by atoms with van der Waals surface area (Å²) in [5.41, 5.74) is 1.36. The van der Waals surface area contributed by atoms with Crippen molar-refractivity contribution >= 4 is 33.4 Å². The van der Waals surface area contributed by atoms with Crippen LogP contribution in [0.25, 0.3) is 10.2 Å². The van der Waals surface area contributed by atoms with Crippen molar-refractivity contribution < 1.29 is 18.7 Å². The number of nitrogens with zero attached hydrogens (tertiary/aromatic N) is 2. The van der Waals surface area contributed by atoms with Gasteiger partial charge < -0.3 is 13.7 Å². The van der Waals surface area contributed by atoms with Crippen molar-refractivity contribution in [3.8, 4) is 0 Å². The highest BCUT2D eigenvalue weighted by atomic mass is 32.1. The van der Waals surface area contributed by atoms with Crippen LogP contribution in [0.1, 0.15) is 27.8 Å². The van der Waals surface area contributed by atoms with Gasteiger partial charge in [0.25, 0.3) is 0 Å². The standard InChI is InChI=1S/C16H14N2O4S/c1-3-21-15(20)10-6-7-11-13(9-10)23-16(18(11)2)17-14(19)12-5-4-8-22-12/h4-9H,3H2,1-2H3. The molecule has 0 N–H and O–H groups in total. The number of carbonyl (C=O) groups is 2. The van der Waals surface area contributed by atoms with Gasteiger partial charge in [0.05, 0.1) is 28.7 Å². The van der Waals surface area contributed by atoms with Gasteiger partial charge in [-0.05, 0) is 37.3 Å². The zero-order valence-electron chi connectivity index (χ0n) is 12.6. The smallest absolute Gasteiger partial charge is 0.338 e. The number of rotatable bonds is 3. The third-order valence-electron chi connectivity index (χ3n) is 3.25. The molecule has 0 radical (unpaired) electrons. The molecule has 0 bridgehead atoms. The molecule has 2 aromatic heterocycles. The Labute approximate surface area is 135 Å². The molecule has 6 nitrogen and oxygen atoms in total. The first kappa shape index (κ1) is 15.2. The van der Waals surface area contributed by atoms with Crippen LogP contribution in [0.4, 0.5) is 0 Å². The van der Waals surface area contributed by atoms with Crippen LogP contribution >= 0.6 is 11.3 Å². The molecule has 3 aromatic rings. The van der Waals surface area contributed by atoms with Crippen molar-refractivity contribution in [3.05, 3.63) is 52.7 Å². The third-order valence-corrected chi connectivity index (χ3v) is 4.34. The minimum atomic E-state index is -0.442. The van der Waals surface area contributed by atoms with Gasteiger partial charge in [0, 0.05) is 7.05 Å². The fraction of sp³-hybridized carbons (Fsp3) is 0.188. The highest BCUT2D eigenvalue weighted by Crippen LogP contribution is 2.19. The second kappa shape index (κ2) is 6.21. The van der Waals surface area contributed by atoms with E-state index in [0.717, 1.165) is 10.2 Å². The van der Waals surface area contributed by atoms with Crippen molar-refractivity contribution in [2.24, 2.45) is 12.0 Å². The minimum Gasteiger partial charge on any atom is -0.462 e. The van der Waals surface area contributed by atoms with E-state index in [-0.39, 0.29) is 11.7 Å². The monoisotopic (exact) mass is 330 g/mol. The molecule has 0 aliphatic heterocycles. The molecule has 0 saturated carbocycles. The van der Waals surface area contributed by atoms with E-state index < -0.39 is 5.91 Å². The summed E-state index contributed by atoms with van der Waals surface area (Å²) in [7, 11) is 1.82. The third kappa shape index (κ3) is 2.95. The van der Waals surface area contributed by atoms with Gasteiger partial charge in [-0.25, -0.2) is 4.79 Å². The lowest BCUT2D eigenvalue weighted by Gasteiger charge is -2.01. The van der Waals surface area contributed by atoms with E-state index in [9.17, 15) is 9.59 Å². The summed E-state index contributed by atoms with van der Waals surface area (Å²) in [5.74, 6) is -0.618. The SMILES string of the molecule is CCOC(=O)c1ccc2c(c1)sc(=NC(=O)c1ccco1)n2C. The maximum absolute atomic E-state index is 12.0. The molecule has 23 heavy (non-hydrogen) atoms. The van der Waals surface area contributed by atoms with E-state index in [4.69, 9.17) is 9.15 Å². The minimum absolute atomic E-state index is 0.190. The fourth-order valence-electron chi connectivity index (χ4n) is 2.12. The quantitative estimate of drug-likeness (QED) is 0.692.